The molecule has 1 atom stereocenters. The van der Waals surface area contributed by atoms with Crippen LogP contribution < -0.4 is 0 Å². The first-order chi connectivity index (χ1) is 9.13. The summed E-state index contributed by atoms with van der Waals surface area (Å²) in [5.74, 6) is -0.290. The van der Waals surface area contributed by atoms with E-state index in [1.54, 1.807) is 12.1 Å². The minimum atomic E-state index is -0.716. The Morgan fingerprint density at radius 1 is 1.47 bits per heavy atom. The van der Waals surface area contributed by atoms with Gasteiger partial charge in [0.2, 0.25) is 11.9 Å². The van der Waals surface area contributed by atoms with E-state index in [1.165, 1.54) is 0 Å². The van der Waals surface area contributed by atoms with Crippen molar-refractivity contribution in [3.8, 4) is 5.88 Å². The number of aromatic hydroxyl groups is 1. The van der Waals surface area contributed by atoms with E-state index in [4.69, 9.17) is 0 Å². The molecule has 1 aliphatic carbocycles. The van der Waals surface area contributed by atoms with Crippen LogP contribution in [0.5, 0.6) is 5.88 Å². The van der Waals surface area contributed by atoms with Gasteiger partial charge in [0.15, 0.2) is 5.69 Å². The fourth-order valence-corrected chi connectivity index (χ4v) is 2.83. The number of aryl methyl sites for hydroxylation is 1. The van der Waals surface area contributed by atoms with Gasteiger partial charge in [0.05, 0.1) is 5.52 Å². The molecule has 0 bridgehead atoms. The van der Waals surface area contributed by atoms with Gasteiger partial charge >= 0.3 is 0 Å². The van der Waals surface area contributed by atoms with Crippen molar-refractivity contribution in [2.75, 3.05) is 0 Å². The SMILES string of the molecule is O=Nc1c(O)[nH]c2c3c(ccc12)[C@@H]([N+](=O)[O-])CCC3. The second-order valence-electron chi connectivity index (χ2n) is 4.66. The largest absolute Gasteiger partial charge is 0.493 e. The zero-order valence-electron chi connectivity index (χ0n) is 9.92. The summed E-state index contributed by atoms with van der Waals surface area (Å²) in [4.78, 5) is 24.2. The van der Waals surface area contributed by atoms with Crippen LogP contribution in [0.2, 0.25) is 0 Å². The van der Waals surface area contributed by atoms with E-state index in [0.717, 1.165) is 5.56 Å². The Labute approximate surface area is 107 Å². The zero-order valence-corrected chi connectivity index (χ0v) is 9.92. The molecular formula is C12H11N3O4. The molecule has 0 fully saturated rings. The van der Waals surface area contributed by atoms with E-state index in [2.05, 4.69) is 10.2 Å². The Balaban J connectivity index is 2.29. The first kappa shape index (κ1) is 11.6. The molecule has 7 nitrogen and oxygen atoms in total. The zero-order chi connectivity index (χ0) is 13.6. The summed E-state index contributed by atoms with van der Waals surface area (Å²) in [6.45, 7) is 0. The fraction of sp³-hybridized carbons (Fsp3) is 0.333. The maximum atomic E-state index is 11.1. The molecule has 0 saturated heterocycles. The van der Waals surface area contributed by atoms with E-state index >= 15 is 0 Å². The number of H-pyrrole nitrogens is 1. The number of hydrogen-bond acceptors (Lipinski definition) is 5. The predicted molar refractivity (Wildman–Crippen MR) is 68.1 cm³/mol. The number of hydrogen-bond donors (Lipinski definition) is 2. The van der Waals surface area contributed by atoms with Gasteiger partial charge < -0.3 is 10.1 Å². The smallest absolute Gasteiger partial charge is 0.238 e. The summed E-state index contributed by atoms with van der Waals surface area (Å²) in [5.41, 5.74) is 2.00. The molecule has 1 heterocycles. The number of nitrogens with one attached hydrogen (secondary N) is 1. The Morgan fingerprint density at radius 2 is 2.26 bits per heavy atom. The topological polar surface area (TPSA) is 109 Å². The van der Waals surface area contributed by atoms with Crippen LogP contribution in [0.1, 0.15) is 30.0 Å². The molecule has 7 heteroatoms. The van der Waals surface area contributed by atoms with Gasteiger partial charge in [0.25, 0.3) is 0 Å². The van der Waals surface area contributed by atoms with E-state index in [1.807, 2.05) is 0 Å². The average Bonchev–Trinajstić information content (AvgIpc) is 2.73. The van der Waals surface area contributed by atoms with Crippen LogP contribution in [0.25, 0.3) is 10.9 Å². The highest BCUT2D eigenvalue weighted by atomic mass is 16.6. The summed E-state index contributed by atoms with van der Waals surface area (Å²) in [7, 11) is 0. The average molecular weight is 261 g/mol. The molecule has 2 N–H and O–H groups in total. The molecular weight excluding hydrogens is 250 g/mol. The Kier molecular flexibility index (Phi) is 2.48. The highest BCUT2D eigenvalue weighted by Crippen LogP contribution is 2.41. The van der Waals surface area contributed by atoms with E-state index in [0.29, 0.717) is 35.7 Å². The third-order valence-corrected chi connectivity index (χ3v) is 3.68. The van der Waals surface area contributed by atoms with Gasteiger partial charge in [-0.25, -0.2) is 0 Å². The van der Waals surface area contributed by atoms with Crippen molar-refractivity contribution in [2.45, 2.75) is 25.3 Å². The predicted octanol–water partition coefficient (Wildman–Crippen LogP) is 2.93. The molecule has 0 unspecified atom stereocenters. The molecule has 1 aromatic carbocycles. The Bertz CT molecular complexity index is 692. The van der Waals surface area contributed by atoms with Crippen LogP contribution in [0.3, 0.4) is 0 Å². The lowest BCUT2D eigenvalue weighted by Crippen LogP contribution is -2.17. The summed E-state index contributed by atoms with van der Waals surface area (Å²) in [5, 5.41) is 24.0. The standard InChI is InChI=1S/C12H11N3O4/c16-12-11(14-17)8-5-4-6-7(10(8)13-12)2-1-3-9(6)15(18)19/h4-5,9,13,16H,1-3H2/t9-/m0/s1. The molecule has 0 spiro atoms. The molecule has 0 amide bonds. The summed E-state index contributed by atoms with van der Waals surface area (Å²) < 4.78 is 0. The molecule has 2 aromatic rings. The molecule has 1 aromatic heterocycles. The summed E-state index contributed by atoms with van der Waals surface area (Å²) in [6.07, 6.45) is 1.91. The minimum absolute atomic E-state index is 0.0407. The van der Waals surface area contributed by atoms with Crippen molar-refractivity contribution in [3.63, 3.8) is 0 Å². The van der Waals surface area contributed by atoms with Crippen molar-refractivity contribution in [1.82, 2.24) is 4.98 Å². The monoisotopic (exact) mass is 261 g/mol. The van der Waals surface area contributed by atoms with Gasteiger partial charge in [-0.1, -0.05) is 6.07 Å². The second-order valence-corrected chi connectivity index (χ2v) is 4.66. The van der Waals surface area contributed by atoms with Crippen LogP contribution in [0.4, 0.5) is 5.69 Å². The second kappa shape index (κ2) is 4.04. The van der Waals surface area contributed by atoms with Crippen molar-refractivity contribution >= 4 is 16.6 Å². The molecule has 0 saturated carbocycles. The van der Waals surface area contributed by atoms with E-state index in [9.17, 15) is 20.1 Å². The lowest BCUT2D eigenvalue weighted by molar-refractivity contribution is -0.531. The number of nitro groups is 1. The number of rotatable bonds is 2. The van der Waals surface area contributed by atoms with Gasteiger partial charge in [-0.05, 0) is 29.6 Å². The first-order valence-corrected chi connectivity index (χ1v) is 5.96. The summed E-state index contributed by atoms with van der Waals surface area (Å²) >= 11 is 0. The molecule has 0 radical (unpaired) electrons. The van der Waals surface area contributed by atoms with Crippen LogP contribution in [0, 0.1) is 15.0 Å². The van der Waals surface area contributed by atoms with Gasteiger partial charge in [-0.15, -0.1) is 4.91 Å². The van der Waals surface area contributed by atoms with Crippen LogP contribution >= 0.6 is 0 Å². The highest BCUT2D eigenvalue weighted by molar-refractivity contribution is 5.96. The van der Waals surface area contributed by atoms with Crippen molar-refractivity contribution < 1.29 is 10.0 Å². The number of nitroso groups, excluding NO2 is 1. The lowest BCUT2D eigenvalue weighted by Gasteiger charge is -2.19. The quantitative estimate of drug-likeness (QED) is 0.492. The van der Waals surface area contributed by atoms with Crippen molar-refractivity contribution in [2.24, 2.45) is 5.18 Å². The first-order valence-electron chi connectivity index (χ1n) is 5.96. The maximum absolute atomic E-state index is 11.1. The minimum Gasteiger partial charge on any atom is -0.493 e. The van der Waals surface area contributed by atoms with Gasteiger partial charge in [-0.2, -0.15) is 0 Å². The van der Waals surface area contributed by atoms with Crippen LogP contribution in [-0.2, 0) is 6.42 Å². The maximum Gasteiger partial charge on any atom is 0.238 e. The number of nitrogens with zero attached hydrogens (tertiary/aromatic N) is 2. The molecule has 3 rings (SSSR count). The Morgan fingerprint density at radius 3 is 2.95 bits per heavy atom. The molecule has 19 heavy (non-hydrogen) atoms. The third-order valence-electron chi connectivity index (χ3n) is 3.68. The Hall–Kier alpha value is -2.44. The molecule has 1 aliphatic rings. The van der Waals surface area contributed by atoms with Gasteiger partial charge in [-0.3, -0.25) is 10.1 Å². The fourth-order valence-electron chi connectivity index (χ4n) is 2.83. The third kappa shape index (κ3) is 1.58. The van der Waals surface area contributed by atoms with Gasteiger partial charge in [0.1, 0.15) is 0 Å². The van der Waals surface area contributed by atoms with Gasteiger partial charge in [0, 0.05) is 22.3 Å². The molecule has 0 aliphatic heterocycles. The van der Waals surface area contributed by atoms with Crippen molar-refractivity contribution in [3.05, 3.63) is 38.3 Å². The van der Waals surface area contributed by atoms with Crippen LogP contribution in [-0.4, -0.2) is 15.0 Å². The van der Waals surface area contributed by atoms with Crippen molar-refractivity contribution in [1.29, 1.82) is 0 Å². The normalized spacial score (nSPS) is 18.2. The number of aromatic nitrogens is 1. The van der Waals surface area contributed by atoms with E-state index in [-0.39, 0.29) is 16.5 Å². The number of fused-ring (bicyclic) bond motifs is 3. The summed E-state index contributed by atoms with van der Waals surface area (Å²) in [6, 6.07) is 2.54. The van der Waals surface area contributed by atoms with E-state index < -0.39 is 6.04 Å². The number of benzene rings is 1. The van der Waals surface area contributed by atoms with Crippen LogP contribution in [0.15, 0.2) is 17.3 Å². The lowest BCUT2D eigenvalue weighted by atomic mass is 9.86. The highest BCUT2D eigenvalue weighted by Gasteiger charge is 2.31. The molecule has 98 valence electrons. The number of aromatic amines is 1.